The first-order valence-electron chi connectivity index (χ1n) is 9.04. The normalized spacial score (nSPS) is 22.4. The summed E-state index contributed by atoms with van der Waals surface area (Å²) in [7, 11) is -3.01. The molecule has 28 heavy (non-hydrogen) atoms. The number of hydrogen-bond donors (Lipinski definition) is 1. The molecule has 1 saturated heterocycles. The molecule has 6 nitrogen and oxygen atoms in total. The number of nitrogens with zero attached hydrogens (tertiary/aromatic N) is 2. The Morgan fingerprint density at radius 1 is 1.18 bits per heavy atom. The topological polar surface area (TPSA) is 78.8 Å². The van der Waals surface area contributed by atoms with Crippen molar-refractivity contribution in [2.75, 3.05) is 28.3 Å². The Morgan fingerprint density at radius 3 is 2.68 bits per heavy atom. The highest BCUT2D eigenvalue weighted by Crippen LogP contribution is 2.36. The van der Waals surface area contributed by atoms with Crippen LogP contribution in [0.25, 0.3) is 0 Å². The highest BCUT2D eigenvalue weighted by atomic mass is 32.2. The minimum absolute atomic E-state index is 0.0638. The van der Waals surface area contributed by atoms with Crippen molar-refractivity contribution < 1.29 is 13.2 Å². The Bertz CT molecular complexity index is 1020. The Morgan fingerprint density at radius 2 is 1.96 bits per heavy atom. The Kier molecular flexibility index (Phi) is 5.16. The molecule has 0 radical (unpaired) electrons. The van der Waals surface area contributed by atoms with Gasteiger partial charge in [0, 0.05) is 16.6 Å². The average Bonchev–Trinajstić information content (AvgIpc) is 3.14. The van der Waals surface area contributed by atoms with Crippen LogP contribution in [0.3, 0.4) is 0 Å². The number of rotatable bonds is 4. The van der Waals surface area contributed by atoms with E-state index in [0.717, 1.165) is 16.9 Å². The summed E-state index contributed by atoms with van der Waals surface area (Å²) in [4.78, 5) is 19.2. The molecule has 2 aliphatic heterocycles. The number of amidine groups is 1. The number of aliphatic imine (C=N–C) groups is 1. The van der Waals surface area contributed by atoms with Crippen LogP contribution < -0.4 is 10.2 Å². The van der Waals surface area contributed by atoms with E-state index in [1.807, 2.05) is 66.4 Å². The molecule has 2 aromatic carbocycles. The largest absolute Gasteiger partial charge is 0.325 e. The molecule has 2 atom stereocenters. The summed E-state index contributed by atoms with van der Waals surface area (Å²) in [5.74, 6) is 0.0853. The lowest BCUT2D eigenvalue weighted by atomic mass is 10.2. The van der Waals surface area contributed by atoms with E-state index in [2.05, 4.69) is 10.3 Å². The maximum absolute atomic E-state index is 12.7. The van der Waals surface area contributed by atoms with Gasteiger partial charge in [-0.05, 0) is 36.8 Å². The van der Waals surface area contributed by atoms with E-state index in [4.69, 9.17) is 0 Å². The molecule has 0 spiro atoms. The van der Waals surface area contributed by atoms with Gasteiger partial charge in [-0.1, -0.05) is 42.1 Å². The molecule has 0 bridgehead atoms. The van der Waals surface area contributed by atoms with Crippen LogP contribution in [0, 0.1) is 6.92 Å². The van der Waals surface area contributed by atoms with Crippen LogP contribution in [0.2, 0.25) is 0 Å². The number of sulfone groups is 1. The van der Waals surface area contributed by atoms with Crippen molar-refractivity contribution in [2.24, 2.45) is 4.99 Å². The highest BCUT2D eigenvalue weighted by molar-refractivity contribution is 8.15. The highest BCUT2D eigenvalue weighted by Gasteiger charge is 2.44. The fourth-order valence-electron chi connectivity index (χ4n) is 3.42. The number of carbonyl (C=O) groups is 1. The molecule has 146 valence electrons. The summed E-state index contributed by atoms with van der Waals surface area (Å²) in [5, 5.41) is 3.57. The predicted octanol–water partition coefficient (Wildman–Crippen LogP) is 2.71. The lowest BCUT2D eigenvalue weighted by Gasteiger charge is -2.24. The summed E-state index contributed by atoms with van der Waals surface area (Å²) in [6.45, 7) is 2.08. The first-order chi connectivity index (χ1) is 13.4. The molecule has 4 rings (SSSR count). The van der Waals surface area contributed by atoms with Gasteiger partial charge in [-0.15, -0.1) is 0 Å². The zero-order valence-corrected chi connectivity index (χ0v) is 17.0. The number of thioether (sulfide) groups is 1. The van der Waals surface area contributed by atoms with E-state index in [0.29, 0.717) is 5.17 Å². The van der Waals surface area contributed by atoms with Crippen LogP contribution in [0.15, 0.2) is 59.6 Å². The Balaban J connectivity index is 1.55. The van der Waals surface area contributed by atoms with Gasteiger partial charge in [0.2, 0.25) is 5.91 Å². The minimum atomic E-state index is -3.01. The third-order valence-corrected chi connectivity index (χ3v) is 7.95. The van der Waals surface area contributed by atoms with Gasteiger partial charge in [0.25, 0.3) is 0 Å². The van der Waals surface area contributed by atoms with Crippen LogP contribution in [0.5, 0.6) is 0 Å². The van der Waals surface area contributed by atoms with Crippen LogP contribution in [0.4, 0.5) is 11.4 Å². The average molecular weight is 416 g/mol. The molecular weight excluding hydrogens is 394 g/mol. The second-order valence-electron chi connectivity index (χ2n) is 7.05. The van der Waals surface area contributed by atoms with Gasteiger partial charge in [0.1, 0.15) is 6.54 Å². The van der Waals surface area contributed by atoms with Crippen molar-refractivity contribution in [3.63, 3.8) is 0 Å². The van der Waals surface area contributed by atoms with Gasteiger partial charge in [0.15, 0.2) is 15.0 Å². The smallest absolute Gasteiger partial charge is 0.244 e. The molecule has 2 aromatic rings. The number of para-hydroxylation sites is 1. The summed E-state index contributed by atoms with van der Waals surface area (Å²) < 4.78 is 23.7. The third kappa shape index (κ3) is 4.23. The molecule has 2 heterocycles. The van der Waals surface area contributed by atoms with Gasteiger partial charge in [0.05, 0.1) is 17.5 Å². The van der Waals surface area contributed by atoms with Crippen LogP contribution >= 0.6 is 11.8 Å². The summed E-state index contributed by atoms with van der Waals surface area (Å²) in [6, 6.07) is 17.0. The van der Waals surface area contributed by atoms with Crippen molar-refractivity contribution in [2.45, 2.75) is 18.2 Å². The van der Waals surface area contributed by atoms with Gasteiger partial charge in [-0.2, -0.15) is 0 Å². The lowest BCUT2D eigenvalue weighted by Crippen LogP contribution is -2.36. The standard InChI is InChI=1S/C20H21N3O3S2/c1-14-6-5-7-15(10-14)21-19(24)11-23(16-8-3-2-4-9-16)20-22-17-12-28(25,26)13-18(17)27-20/h2-10,17-18H,11-13H2,1H3,(H,21,24)/t17-,18+/m0/s1. The second-order valence-corrected chi connectivity index (χ2v) is 10.4. The number of aryl methyl sites for hydroxylation is 1. The van der Waals surface area contributed by atoms with Gasteiger partial charge >= 0.3 is 0 Å². The van der Waals surface area contributed by atoms with Gasteiger partial charge in [-0.25, -0.2) is 8.42 Å². The number of hydrogen-bond acceptors (Lipinski definition) is 6. The van der Waals surface area contributed by atoms with Gasteiger partial charge < -0.3 is 10.2 Å². The monoisotopic (exact) mass is 415 g/mol. The summed E-state index contributed by atoms with van der Waals surface area (Å²) >= 11 is 1.45. The fraction of sp³-hybridized carbons (Fsp3) is 0.300. The predicted molar refractivity (Wildman–Crippen MR) is 115 cm³/mol. The summed E-state index contributed by atoms with van der Waals surface area (Å²) in [6.07, 6.45) is 0. The van der Waals surface area contributed by atoms with Crippen molar-refractivity contribution in [1.82, 2.24) is 0 Å². The number of amides is 1. The molecule has 0 saturated carbocycles. The molecule has 0 aromatic heterocycles. The zero-order valence-electron chi connectivity index (χ0n) is 15.4. The molecule has 1 fully saturated rings. The molecule has 0 unspecified atom stereocenters. The quantitative estimate of drug-likeness (QED) is 0.831. The first kappa shape index (κ1) is 19.0. The molecule has 0 aliphatic carbocycles. The maximum atomic E-state index is 12.7. The third-order valence-electron chi connectivity index (χ3n) is 4.71. The number of fused-ring (bicyclic) bond motifs is 1. The van der Waals surface area contributed by atoms with Gasteiger partial charge in [-0.3, -0.25) is 9.79 Å². The van der Waals surface area contributed by atoms with E-state index >= 15 is 0 Å². The molecular formula is C20H21N3O3S2. The maximum Gasteiger partial charge on any atom is 0.244 e. The van der Waals surface area contributed by atoms with Crippen molar-refractivity contribution in [1.29, 1.82) is 0 Å². The first-order valence-corrected chi connectivity index (χ1v) is 11.7. The van der Waals surface area contributed by atoms with Crippen molar-refractivity contribution in [3.8, 4) is 0 Å². The molecule has 1 N–H and O–H groups in total. The number of carbonyl (C=O) groups excluding carboxylic acids is 1. The van der Waals surface area contributed by atoms with Crippen molar-refractivity contribution in [3.05, 3.63) is 60.2 Å². The van der Waals surface area contributed by atoms with E-state index in [9.17, 15) is 13.2 Å². The van der Waals surface area contributed by atoms with E-state index in [-0.39, 0.29) is 35.2 Å². The number of anilines is 2. The zero-order chi connectivity index (χ0) is 19.7. The van der Waals surface area contributed by atoms with Crippen molar-refractivity contribution >= 4 is 44.0 Å². The second kappa shape index (κ2) is 7.60. The van der Waals surface area contributed by atoms with Crippen LogP contribution in [-0.4, -0.2) is 48.8 Å². The van der Waals surface area contributed by atoms with Crippen LogP contribution in [-0.2, 0) is 14.6 Å². The fourth-order valence-corrected chi connectivity index (χ4v) is 7.20. The van der Waals surface area contributed by atoms with Crippen LogP contribution in [0.1, 0.15) is 5.56 Å². The molecule has 2 aliphatic rings. The Labute approximate surface area is 169 Å². The number of benzene rings is 2. The SMILES string of the molecule is Cc1cccc(NC(=O)CN(C2=N[C@H]3CS(=O)(=O)C[C@H]3S2)c2ccccc2)c1. The van der Waals surface area contributed by atoms with E-state index in [1.165, 1.54) is 11.8 Å². The minimum Gasteiger partial charge on any atom is -0.325 e. The summed E-state index contributed by atoms with van der Waals surface area (Å²) in [5.41, 5.74) is 2.68. The molecule has 8 heteroatoms. The lowest BCUT2D eigenvalue weighted by molar-refractivity contribution is -0.114. The number of nitrogens with one attached hydrogen (secondary N) is 1. The van der Waals surface area contributed by atoms with E-state index in [1.54, 1.807) is 0 Å². The van der Waals surface area contributed by atoms with E-state index < -0.39 is 9.84 Å². The molecule has 1 amide bonds. The Hall–Kier alpha value is -2.32.